The fourth-order valence-corrected chi connectivity index (χ4v) is 1.75. The molecule has 0 saturated carbocycles. The van der Waals surface area contributed by atoms with Crippen LogP contribution in [0.3, 0.4) is 0 Å². The minimum atomic E-state index is -4.39. The summed E-state index contributed by atoms with van der Waals surface area (Å²) >= 11 is 0. The van der Waals surface area contributed by atoms with Gasteiger partial charge in [0.2, 0.25) is 0 Å². The molecule has 1 rings (SSSR count). The van der Waals surface area contributed by atoms with Crippen LogP contribution in [0.25, 0.3) is 0 Å². The second-order valence-electron chi connectivity index (χ2n) is 5.34. The first kappa shape index (κ1) is 16.5. The molecule has 6 heteroatoms. The molecule has 1 atom stereocenters. The number of nitrogens with two attached hydrogens (primary N) is 1. The van der Waals surface area contributed by atoms with Crippen molar-refractivity contribution in [2.75, 3.05) is 0 Å². The average Bonchev–Trinajstić information content (AvgIpc) is 2.26. The number of rotatable bonds is 4. The molecule has 0 spiro atoms. The van der Waals surface area contributed by atoms with Crippen LogP contribution < -0.4 is 5.73 Å². The van der Waals surface area contributed by atoms with Gasteiger partial charge in [-0.3, -0.25) is 4.79 Å². The van der Waals surface area contributed by atoms with Gasteiger partial charge >= 0.3 is 12.1 Å². The summed E-state index contributed by atoms with van der Waals surface area (Å²) in [5, 5.41) is 0. The first-order valence-electron chi connectivity index (χ1n) is 6.16. The van der Waals surface area contributed by atoms with Gasteiger partial charge in [0, 0.05) is 6.42 Å². The summed E-state index contributed by atoms with van der Waals surface area (Å²) in [6.45, 7) is 4.75. The Bertz CT molecular complexity index is 482. The molecule has 0 bridgehead atoms. The second-order valence-corrected chi connectivity index (χ2v) is 5.34. The van der Waals surface area contributed by atoms with Crippen molar-refractivity contribution < 1.29 is 22.7 Å². The number of halogens is 3. The van der Waals surface area contributed by atoms with Gasteiger partial charge in [-0.05, 0) is 32.4 Å². The maximum absolute atomic E-state index is 12.6. The van der Waals surface area contributed by atoms with Crippen LogP contribution in [0.15, 0.2) is 24.3 Å². The highest BCUT2D eigenvalue weighted by Gasteiger charge is 2.31. The van der Waals surface area contributed by atoms with Gasteiger partial charge in [-0.25, -0.2) is 0 Å². The number of ether oxygens (including phenoxy) is 1. The maximum Gasteiger partial charge on any atom is 0.416 e. The predicted octanol–water partition coefficient (Wildman–Crippen LogP) is 2.92. The van der Waals surface area contributed by atoms with Crippen LogP contribution in [0.2, 0.25) is 0 Å². The first-order chi connectivity index (χ1) is 9.01. The minimum Gasteiger partial charge on any atom is -0.458 e. The van der Waals surface area contributed by atoms with Crippen molar-refractivity contribution in [3.63, 3.8) is 0 Å². The molecule has 0 fully saturated rings. The van der Waals surface area contributed by atoms with Crippen LogP contribution in [0, 0.1) is 0 Å². The SMILES string of the molecule is CC(N)C(=O)OC(C)(C)Cc1cccc(C(F)(F)F)c1. The maximum atomic E-state index is 12.6. The van der Waals surface area contributed by atoms with Crippen LogP contribution in [0.4, 0.5) is 13.2 Å². The fourth-order valence-electron chi connectivity index (χ4n) is 1.75. The molecule has 20 heavy (non-hydrogen) atoms. The molecular weight excluding hydrogens is 271 g/mol. The lowest BCUT2D eigenvalue weighted by Crippen LogP contribution is -2.38. The zero-order chi connectivity index (χ0) is 15.6. The molecule has 0 aromatic heterocycles. The second kappa shape index (κ2) is 5.83. The Balaban J connectivity index is 2.85. The van der Waals surface area contributed by atoms with E-state index >= 15 is 0 Å². The average molecular weight is 289 g/mol. The summed E-state index contributed by atoms with van der Waals surface area (Å²) in [4.78, 5) is 11.4. The highest BCUT2D eigenvalue weighted by molar-refractivity contribution is 5.75. The van der Waals surface area contributed by atoms with E-state index in [4.69, 9.17) is 10.5 Å². The Morgan fingerprint density at radius 3 is 2.45 bits per heavy atom. The number of hydrogen-bond acceptors (Lipinski definition) is 3. The lowest BCUT2D eigenvalue weighted by Gasteiger charge is -2.26. The van der Waals surface area contributed by atoms with E-state index in [1.165, 1.54) is 13.0 Å². The van der Waals surface area contributed by atoms with Gasteiger partial charge in [0.1, 0.15) is 11.6 Å². The number of benzene rings is 1. The standard InChI is InChI=1S/C14H18F3NO2/c1-9(18)12(19)20-13(2,3)8-10-5-4-6-11(7-10)14(15,16)17/h4-7,9H,8,18H2,1-3H3. The van der Waals surface area contributed by atoms with E-state index in [0.29, 0.717) is 5.56 Å². The van der Waals surface area contributed by atoms with E-state index < -0.39 is 29.4 Å². The molecule has 0 aliphatic carbocycles. The molecule has 0 aliphatic rings. The van der Waals surface area contributed by atoms with E-state index in [0.717, 1.165) is 12.1 Å². The summed E-state index contributed by atoms with van der Waals surface area (Å²) in [7, 11) is 0. The van der Waals surface area contributed by atoms with Crippen molar-refractivity contribution in [1.29, 1.82) is 0 Å². The van der Waals surface area contributed by atoms with Gasteiger partial charge in [0.05, 0.1) is 5.56 Å². The summed E-state index contributed by atoms with van der Waals surface area (Å²) < 4.78 is 43.0. The van der Waals surface area contributed by atoms with Gasteiger partial charge in [-0.15, -0.1) is 0 Å². The zero-order valence-corrected chi connectivity index (χ0v) is 11.6. The number of esters is 1. The van der Waals surface area contributed by atoms with E-state index in [-0.39, 0.29) is 6.42 Å². The Kier molecular flexibility index (Phi) is 4.81. The summed E-state index contributed by atoms with van der Waals surface area (Å²) in [6, 6.07) is 4.19. The van der Waals surface area contributed by atoms with E-state index in [9.17, 15) is 18.0 Å². The van der Waals surface area contributed by atoms with Gasteiger partial charge in [-0.1, -0.05) is 18.2 Å². The zero-order valence-electron chi connectivity index (χ0n) is 11.6. The molecule has 112 valence electrons. The van der Waals surface area contributed by atoms with Crippen molar-refractivity contribution >= 4 is 5.97 Å². The molecular formula is C14H18F3NO2. The number of carbonyl (C=O) groups is 1. The first-order valence-corrected chi connectivity index (χ1v) is 6.16. The molecule has 0 radical (unpaired) electrons. The van der Waals surface area contributed by atoms with Gasteiger partial charge in [0.15, 0.2) is 0 Å². The fraction of sp³-hybridized carbons (Fsp3) is 0.500. The van der Waals surface area contributed by atoms with Crippen molar-refractivity contribution in [1.82, 2.24) is 0 Å². The Hall–Kier alpha value is -1.56. The molecule has 0 saturated heterocycles. The minimum absolute atomic E-state index is 0.176. The quantitative estimate of drug-likeness (QED) is 0.867. The third-order valence-electron chi connectivity index (χ3n) is 2.63. The van der Waals surface area contributed by atoms with Crippen molar-refractivity contribution in [2.24, 2.45) is 5.73 Å². The van der Waals surface area contributed by atoms with Gasteiger partial charge < -0.3 is 10.5 Å². The molecule has 1 aromatic rings. The largest absolute Gasteiger partial charge is 0.458 e. The predicted molar refractivity (Wildman–Crippen MR) is 69.0 cm³/mol. The molecule has 1 aromatic carbocycles. The summed E-state index contributed by atoms with van der Waals surface area (Å²) in [5.41, 5.74) is 4.20. The number of alkyl halides is 3. The normalized spacial score (nSPS) is 13.9. The molecule has 1 unspecified atom stereocenters. The van der Waals surface area contributed by atoms with Crippen molar-refractivity contribution in [2.45, 2.75) is 45.0 Å². The summed E-state index contributed by atoms with van der Waals surface area (Å²) in [5.74, 6) is -0.582. The van der Waals surface area contributed by atoms with Gasteiger partial charge in [0.25, 0.3) is 0 Å². The van der Waals surface area contributed by atoms with Crippen LogP contribution >= 0.6 is 0 Å². The number of carbonyl (C=O) groups excluding carboxylic acids is 1. The van der Waals surface area contributed by atoms with E-state index in [1.54, 1.807) is 19.9 Å². The molecule has 0 aliphatic heterocycles. The Labute approximate surface area is 115 Å². The topological polar surface area (TPSA) is 52.3 Å². The van der Waals surface area contributed by atoms with Crippen LogP contribution in [0.5, 0.6) is 0 Å². The van der Waals surface area contributed by atoms with Gasteiger partial charge in [-0.2, -0.15) is 13.2 Å². The third-order valence-corrected chi connectivity index (χ3v) is 2.63. The highest BCUT2D eigenvalue weighted by Crippen LogP contribution is 2.30. The summed E-state index contributed by atoms with van der Waals surface area (Å²) in [6.07, 6.45) is -4.21. The van der Waals surface area contributed by atoms with Crippen molar-refractivity contribution in [3.8, 4) is 0 Å². The Morgan fingerprint density at radius 1 is 1.35 bits per heavy atom. The molecule has 2 N–H and O–H groups in total. The van der Waals surface area contributed by atoms with Crippen LogP contribution in [0.1, 0.15) is 31.9 Å². The third kappa shape index (κ3) is 4.85. The lowest BCUT2D eigenvalue weighted by molar-refractivity contribution is -0.157. The molecule has 0 heterocycles. The van der Waals surface area contributed by atoms with E-state index in [2.05, 4.69) is 0 Å². The smallest absolute Gasteiger partial charge is 0.416 e. The number of hydrogen-bond donors (Lipinski definition) is 1. The Morgan fingerprint density at radius 2 is 1.95 bits per heavy atom. The van der Waals surface area contributed by atoms with Crippen LogP contribution in [-0.4, -0.2) is 17.6 Å². The van der Waals surface area contributed by atoms with E-state index in [1.807, 2.05) is 0 Å². The molecule has 0 amide bonds. The molecule has 3 nitrogen and oxygen atoms in total. The highest BCUT2D eigenvalue weighted by atomic mass is 19.4. The lowest BCUT2D eigenvalue weighted by atomic mass is 9.97. The monoisotopic (exact) mass is 289 g/mol. The van der Waals surface area contributed by atoms with Crippen LogP contribution in [-0.2, 0) is 22.1 Å². The van der Waals surface area contributed by atoms with Crippen molar-refractivity contribution in [3.05, 3.63) is 35.4 Å².